The van der Waals surface area contributed by atoms with E-state index in [2.05, 4.69) is 0 Å². The van der Waals surface area contributed by atoms with Crippen LogP contribution in [0.15, 0.2) is 0 Å². The summed E-state index contributed by atoms with van der Waals surface area (Å²) in [6, 6.07) is 0. The minimum atomic E-state index is -4.15. The molecule has 1 heterocycles. The van der Waals surface area contributed by atoms with Crippen LogP contribution in [0, 0.1) is 6.54 Å². The number of likely N-dealkylation sites (tertiary alicyclic amines) is 1. The van der Waals surface area contributed by atoms with E-state index >= 15 is 0 Å². The maximum Gasteiger partial charge on any atom is 0.460 e. The Morgan fingerprint density at radius 2 is 1.90 bits per heavy atom. The third-order valence-electron chi connectivity index (χ3n) is 1.53. The molecule has 0 saturated carbocycles. The van der Waals surface area contributed by atoms with Crippen molar-refractivity contribution in [1.29, 1.82) is 0 Å². The smallest absolute Gasteiger partial charge is 0.210 e. The van der Waals surface area contributed by atoms with Crippen LogP contribution in [-0.2, 0) is 0 Å². The van der Waals surface area contributed by atoms with Crippen LogP contribution in [0.5, 0.6) is 0 Å². The van der Waals surface area contributed by atoms with Crippen molar-refractivity contribution in [1.82, 2.24) is 4.90 Å². The highest BCUT2D eigenvalue weighted by molar-refractivity contribution is 4.75. The molecule has 1 nitrogen and oxygen atoms in total. The first kappa shape index (κ1) is 7.85. The minimum absolute atomic E-state index is 0.128. The van der Waals surface area contributed by atoms with Gasteiger partial charge in [0.2, 0.25) is 0 Å². The predicted octanol–water partition coefficient (Wildman–Crippen LogP) is 2.15. The highest BCUT2D eigenvalue weighted by Gasteiger charge is 2.37. The zero-order chi connectivity index (χ0) is 7.61. The topological polar surface area (TPSA) is 3.24 Å². The fourth-order valence-corrected chi connectivity index (χ4v) is 0.995. The van der Waals surface area contributed by atoms with Gasteiger partial charge in [0.25, 0.3) is 0 Å². The van der Waals surface area contributed by atoms with Crippen molar-refractivity contribution < 1.29 is 13.2 Å². The first-order valence-electron chi connectivity index (χ1n) is 3.27. The second kappa shape index (κ2) is 2.78. The van der Waals surface area contributed by atoms with E-state index in [0.717, 1.165) is 6.42 Å². The summed E-state index contributed by atoms with van der Waals surface area (Å²) in [5.41, 5.74) is 0. The zero-order valence-corrected chi connectivity index (χ0v) is 5.49. The van der Waals surface area contributed by atoms with Crippen molar-refractivity contribution in [2.45, 2.75) is 25.6 Å². The average molecular weight is 152 g/mol. The number of halogens is 3. The monoisotopic (exact) mass is 152 g/mol. The normalized spacial score (nSPS) is 23.1. The first-order chi connectivity index (χ1) is 4.61. The molecule has 0 aliphatic carbocycles. The Balaban J connectivity index is 2.39. The van der Waals surface area contributed by atoms with E-state index in [1.54, 1.807) is 0 Å². The van der Waals surface area contributed by atoms with Crippen LogP contribution in [0.4, 0.5) is 13.2 Å². The number of rotatable bonds is 0. The largest absolute Gasteiger partial charge is 0.460 e. The Kier molecular flexibility index (Phi) is 2.18. The Bertz CT molecular complexity index is 104. The lowest BCUT2D eigenvalue weighted by Crippen LogP contribution is -2.38. The molecule has 0 atom stereocenters. The Morgan fingerprint density at radius 1 is 1.20 bits per heavy atom. The zero-order valence-electron chi connectivity index (χ0n) is 5.49. The summed E-state index contributed by atoms with van der Waals surface area (Å²) in [4.78, 5) is 0.455. The van der Waals surface area contributed by atoms with Gasteiger partial charge in [-0.05, 0) is 12.8 Å². The number of alkyl halides is 3. The molecule has 0 N–H and O–H groups in total. The quantitative estimate of drug-likeness (QED) is 0.481. The molecule has 10 heavy (non-hydrogen) atoms. The Labute approximate surface area is 57.8 Å². The van der Waals surface area contributed by atoms with E-state index < -0.39 is 6.30 Å². The average Bonchev–Trinajstić information content (AvgIpc) is 1.88. The van der Waals surface area contributed by atoms with Crippen LogP contribution in [0.1, 0.15) is 19.3 Å². The van der Waals surface area contributed by atoms with Gasteiger partial charge in [0.1, 0.15) is 0 Å². The van der Waals surface area contributed by atoms with Gasteiger partial charge in [-0.3, -0.25) is 0 Å². The summed E-state index contributed by atoms with van der Waals surface area (Å²) in [5, 5.41) is 0. The van der Waals surface area contributed by atoms with Crippen molar-refractivity contribution in [3.63, 3.8) is 0 Å². The lowest BCUT2D eigenvalue weighted by atomic mass is 10.1. The molecule has 0 aromatic rings. The molecule has 0 unspecified atom stereocenters. The first-order valence-corrected chi connectivity index (χ1v) is 3.27. The summed E-state index contributed by atoms with van der Waals surface area (Å²) in [5.74, 6) is 0. The maximum absolute atomic E-state index is 11.8. The van der Waals surface area contributed by atoms with Crippen molar-refractivity contribution in [3.8, 4) is 0 Å². The fourth-order valence-electron chi connectivity index (χ4n) is 0.995. The molecule has 59 valence electrons. The van der Waals surface area contributed by atoms with Gasteiger partial charge in [0.15, 0.2) is 0 Å². The summed E-state index contributed by atoms with van der Waals surface area (Å²) in [6.45, 7) is 1.35. The highest BCUT2D eigenvalue weighted by Crippen LogP contribution is 2.26. The molecule has 0 aromatic carbocycles. The molecule has 0 spiro atoms. The van der Waals surface area contributed by atoms with E-state index in [1.807, 2.05) is 0 Å². The van der Waals surface area contributed by atoms with E-state index in [-0.39, 0.29) is 6.54 Å². The van der Waals surface area contributed by atoms with Gasteiger partial charge in [0.05, 0.1) is 0 Å². The Hall–Kier alpha value is -0.250. The fraction of sp³-hybridized carbons (Fsp3) is 0.833. The molecular weight excluding hydrogens is 143 g/mol. The van der Waals surface area contributed by atoms with Gasteiger partial charge >= 0.3 is 6.30 Å². The van der Waals surface area contributed by atoms with E-state index in [4.69, 9.17) is 0 Å². The highest BCUT2D eigenvalue weighted by atomic mass is 19.4. The van der Waals surface area contributed by atoms with Gasteiger partial charge in [-0.1, -0.05) is 6.42 Å². The summed E-state index contributed by atoms with van der Waals surface area (Å²) < 4.78 is 35.5. The van der Waals surface area contributed by atoms with Crippen LogP contribution < -0.4 is 0 Å². The van der Waals surface area contributed by atoms with Crippen molar-refractivity contribution in [2.75, 3.05) is 6.54 Å². The molecule has 4 heteroatoms. The van der Waals surface area contributed by atoms with Gasteiger partial charge in [-0.15, -0.1) is 0 Å². The van der Waals surface area contributed by atoms with E-state index in [9.17, 15) is 13.2 Å². The molecule has 0 bridgehead atoms. The standard InChI is InChI=1S/C6H9F3N/c7-6(8,9)10-4-2-1-3-5-10/h4H,1-3,5H2. The second-order valence-electron chi connectivity index (χ2n) is 2.34. The van der Waals surface area contributed by atoms with Gasteiger partial charge < -0.3 is 0 Å². The molecule has 1 aliphatic heterocycles. The molecule has 1 fully saturated rings. The lowest BCUT2D eigenvalue weighted by molar-refractivity contribution is -0.238. The predicted molar refractivity (Wildman–Crippen MR) is 30.9 cm³/mol. The molecular formula is C6H9F3N. The van der Waals surface area contributed by atoms with Crippen LogP contribution in [-0.4, -0.2) is 17.7 Å². The van der Waals surface area contributed by atoms with Crippen molar-refractivity contribution in [2.24, 2.45) is 0 Å². The minimum Gasteiger partial charge on any atom is -0.210 e. The molecule has 1 rings (SSSR count). The molecule has 1 aliphatic rings. The number of piperidine rings is 1. The van der Waals surface area contributed by atoms with Crippen LogP contribution in [0.25, 0.3) is 0 Å². The number of hydrogen-bond acceptors (Lipinski definition) is 1. The molecule has 1 saturated heterocycles. The molecule has 0 aromatic heterocycles. The lowest BCUT2D eigenvalue weighted by Gasteiger charge is -2.27. The van der Waals surface area contributed by atoms with Crippen LogP contribution in [0.3, 0.4) is 0 Å². The number of nitrogens with zero attached hydrogens (tertiary/aromatic N) is 1. The maximum atomic E-state index is 11.8. The Morgan fingerprint density at radius 3 is 2.20 bits per heavy atom. The molecule has 1 radical (unpaired) electrons. The van der Waals surface area contributed by atoms with E-state index in [1.165, 1.54) is 6.54 Å². The van der Waals surface area contributed by atoms with Crippen LogP contribution >= 0.6 is 0 Å². The van der Waals surface area contributed by atoms with Gasteiger partial charge in [0, 0.05) is 13.1 Å². The van der Waals surface area contributed by atoms with Gasteiger partial charge in [-0.25, -0.2) is 4.90 Å². The third kappa shape index (κ3) is 1.87. The number of hydrogen-bond donors (Lipinski definition) is 0. The van der Waals surface area contributed by atoms with Crippen molar-refractivity contribution >= 4 is 0 Å². The van der Waals surface area contributed by atoms with Crippen LogP contribution in [0.2, 0.25) is 0 Å². The summed E-state index contributed by atoms with van der Waals surface area (Å²) >= 11 is 0. The summed E-state index contributed by atoms with van der Waals surface area (Å²) in [7, 11) is 0. The molecule has 0 amide bonds. The SMILES string of the molecule is FC(F)(F)N1[CH]CCCC1. The second-order valence-corrected chi connectivity index (χ2v) is 2.34. The third-order valence-corrected chi connectivity index (χ3v) is 1.53. The summed E-state index contributed by atoms with van der Waals surface area (Å²) in [6.07, 6.45) is -2.07. The van der Waals surface area contributed by atoms with E-state index in [0.29, 0.717) is 17.7 Å². The van der Waals surface area contributed by atoms with Gasteiger partial charge in [-0.2, -0.15) is 13.2 Å². The van der Waals surface area contributed by atoms with Crippen molar-refractivity contribution in [3.05, 3.63) is 6.54 Å².